The Hall–Kier alpha value is -2.77. The lowest BCUT2D eigenvalue weighted by Crippen LogP contribution is -2.21. The van der Waals surface area contributed by atoms with Crippen LogP contribution in [0.2, 0.25) is 10.0 Å². The minimum atomic E-state index is -0.463. The summed E-state index contributed by atoms with van der Waals surface area (Å²) in [6.45, 7) is 1.62. The second kappa shape index (κ2) is 9.96. The van der Waals surface area contributed by atoms with E-state index in [4.69, 9.17) is 32.7 Å². The number of benzene rings is 2. The van der Waals surface area contributed by atoms with Crippen LogP contribution in [-0.4, -0.2) is 31.7 Å². The van der Waals surface area contributed by atoms with Gasteiger partial charge < -0.3 is 14.8 Å². The third kappa shape index (κ3) is 6.14. The number of hydrogen-bond donors (Lipinski definition) is 2. The van der Waals surface area contributed by atoms with E-state index < -0.39 is 5.91 Å². The summed E-state index contributed by atoms with van der Waals surface area (Å²) in [5.41, 5.74) is 3.51. The van der Waals surface area contributed by atoms with E-state index in [2.05, 4.69) is 15.8 Å². The van der Waals surface area contributed by atoms with Crippen LogP contribution in [0.5, 0.6) is 11.5 Å². The van der Waals surface area contributed by atoms with Gasteiger partial charge in [-0.2, -0.15) is 5.10 Å². The van der Waals surface area contributed by atoms with Crippen LogP contribution in [0.25, 0.3) is 0 Å². The van der Waals surface area contributed by atoms with Crippen molar-refractivity contribution in [1.82, 2.24) is 5.43 Å². The normalized spacial score (nSPS) is 11.0. The van der Waals surface area contributed by atoms with Crippen LogP contribution in [0.4, 0.5) is 5.69 Å². The van der Waals surface area contributed by atoms with E-state index >= 15 is 0 Å². The molecule has 28 heavy (non-hydrogen) atoms. The molecule has 9 heteroatoms. The summed E-state index contributed by atoms with van der Waals surface area (Å²) in [4.78, 5) is 24.4. The van der Waals surface area contributed by atoms with Gasteiger partial charge in [-0.15, -0.1) is 0 Å². The topological polar surface area (TPSA) is 89.0 Å². The van der Waals surface area contributed by atoms with E-state index in [-0.39, 0.29) is 12.3 Å². The minimum Gasteiger partial charge on any atom is -0.497 e. The first-order valence-electron chi connectivity index (χ1n) is 8.14. The van der Waals surface area contributed by atoms with Gasteiger partial charge >= 0.3 is 0 Å². The van der Waals surface area contributed by atoms with Gasteiger partial charge in [-0.1, -0.05) is 23.2 Å². The zero-order chi connectivity index (χ0) is 20.7. The molecule has 2 N–H and O–H groups in total. The first-order valence-corrected chi connectivity index (χ1v) is 8.89. The number of amides is 2. The van der Waals surface area contributed by atoms with E-state index in [0.717, 1.165) is 0 Å². The number of rotatable bonds is 7. The van der Waals surface area contributed by atoms with Gasteiger partial charge in [0.05, 0.1) is 31.4 Å². The highest BCUT2D eigenvalue weighted by atomic mass is 35.5. The lowest BCUT2D eigenvalue weighted by molar-refractivity contribution is -0.115. The Morgan fingerprint density at radius 3 is 2.29 bits per heavy atom. The average molecular weight is 424 g/mol. The molecule has 0 fully saturated rings. The molecule has 0 aliphatic rings. The SMILES string of the molecule is COc1cc(OC)cc(C(=O)N/N=C(\C)CC(=O)Nc2cc(Cl)ccc2Cl)c1. The summed E-state index contributed by atoms with van der Waals surface area (Å²) in [6.07, 6.45) is -0.0371. The van der Waals surface area contributed by atoms with Gasteiger partial charge in [-0.25, -0.2) is 5.43 Å². The summed E-state index contributed by atoms with van der Waals surface area (Å²) >= 11 is 11.9. The smallest absolute Gasteiger partial charge is 0.271 e. The Labute approximate surface area is 172 Å². The van der Waals surface area contributed by atoms with Crippen molar-refractivity contribution >= 4 is 46.4 Å². The number of hydrogen-bond acceptors (Lipinski definition) is 5. The van der Waals surface area contributed by atoms with Crippen molar-refractivity contribution in [2.24, 2.45) is 5.10 Å². The number of nitrogens with zero attached hydrogens (tertiary/aromatic N) is 1. The first kappa shape index (κ1) is 21.5. The molecule has 0 bridgehead atoms. The molecule has 2 aromatic carbocycles. The average Bonchev–Trinajstić information content (AvgIpc) is 2.68. The minimum absolute atomic E-state index is 0.0371. The van der Waals surface area contributed by atoms with Crippen LogP contribution < -0.4 is 20.2 Å². The van der Waals surface area contributed by atoms with Crippen molar-refractivity contribution in [3.8, 4) is 11.5 Å². The molecule has 2 rings (SSSR count). The van der Waals surface area contributed by atoms with E-state index in [1.165, 1.54) is 14.2 Å². The Balaban J connectivity index is 1.99. The van der Waals surface area contributed by atoms with Crippen LogP contribution in [0.3, 0.4) is 0 Å². The predicted octanol–water partition coefficient (Wildman–Crippen LogP) is 4.15. The monoisotopic (exact) mass is 423 g/mol. The Morgan fingerprint density at radius 2 is 1.68 bits per heavy atom. The summed E-state index contributed by atoms with van der Waals surface area (Å²) in [5.74, 6) is 0.142. The number of halogens is 2. The number of hydrazone groups is 1. The Kier molecular flexibility index (Phi) is 7.66. The van der Waals surface area contributed by atoms with Gasteiger partial charge in [0.15, 0.2) is 0 Å². The summed E-state index contributed by atoms with van der Waals surface area (Å²) < 4.78 is 10.3. The van der Waals surface area contributed by atoms with Crippen LogP contribution in [0.15, 0.2) is 41.5 Å². The van der Waals surface area contributed by atoms with Crippen molar-refractivity contribution in [1.29, 1.82) is 0 Å². The maximum atomic E-state index is 12.3. The predicted molar refractivity (Wildman–Crippen MR) is 110 cm³/mol. The summed E-state index contributed by atoms with van der Waals surface area (Å²) in [7, 11) is 2.98. The molecule has 0 saturated carbocycles. The second-order valence-electron chi connectivity index (χ2n) is 5.74. The van der Waals surface area contributed by atoms with Gasteiger partial charge in [-0.3, -0.25) is 9.59 Å². The maximum absolute atomic E-state index is 12.3. The number of carbonyl (C=O) groups excluding carboxylic acids is 2. The van der Waals surface area contributed by atoms with E-state index in [1.54, 1.807) is 43.3 Å². The molecule has 2 amide bonds. The van der Waals surface area contributed by atoms with E-state index in [1.807, 2.05) is 0 Å². The second-order valence-corrected chi connectivity index (χ2v) is 6.58. The van der Waals surface area contributed by atoms with Gasteiger partial charge in [0.2, 0.25) is 5.91 Å². The molecule has 0 atom stereocenters. The molecule has 0 radical (unpaired) electrons. The molecule has 0 aliphatic carbocycles. The molecule has 0 saturated heterocycles. The van der Waals surface area contributed by atoms with E-state index in [9.17, 15) is 9.59 Å². The molecule has 0 spiro atoms. The molecular weight excluding hydrogens is 405 g/mol. The van der Waals surface area contributed by atoms with Crippen LogP contribution in [-0.2, 0) is 4.79 Å². The van der Waals surface area contributed by atoms with Crippen LogP contribution >= 0.6 is 23.2 Å². The molecule has 0 unspecified atom stereocenters. The Morgan fingerprint density at radius 1 is 1.04 bits per heavy atom. The lowest BCUT2D eigenvalue weighted by atomic mass is 10.2. The lowest BCUT2D eigenvalue weighted by Gasteiger charge is -2.09. The zero-order valence-corrected chi connectivity index (χ0v) is 17.0. The molecular formula is C19H19Cl2N3O4. The van der Waals surface area contributed by atoms with Crippen molar-refractivity contribution in [3.63, 3.8) is 0 Å². The Bertz CT molecular complexity index is 894. The maximum Gasteiger partial charge on any atom is 0.271 e. The van der Waals surface area contributed by atoms with Crippen molar-refractivity contribution in [3.05, 3.63) is 52.0 Å². The van der Waals surface area contributed by atoms with E-state index in [0.29, 0.717) is 38.5 Å². The van der Waals surface area contributed by atoms with Gasteiger partial charge in [0, 0.05) is 22.4 Å². The number of ether oxygens (including phenoxy) is 2. The van der Waals surface area contributed by atoms with Crippen molar-refractivity contribution in [2.75, 3.05) is 19.5 Å². The molecule has 0 heterocycles. The molecule has 0 aromatic heterocycles. The highest BCUT2D eigenvalue weighted by Gasteiger charge is 2.11. The van der Waals surface area contributed by atoms with Gasteiger partial charge in [-0.05, 0) is 37.3 Å². The molecule has 7 nitrogen and oxygen atoms in total. The van der Waals surface area contributed by atoms with Crippen molar-refractivity contribution < 1.29 is 19.1 Å². The standard InChI is InChI=1S/C19H19Cl2N3O4/c1-11(6-18(25)22-17-9-13(20)4-5-16(17)21)23-24-19(26)12-7-14(27-2)10-15(8-12)28-3/h4-5,7-10H,6H2,1-3H3,(H,22,25)(H,24,26)/b23-11+. The highest BCUT2D eigenvalue weighted by molar-refractivity contribution is 6.35. The van der Waals surface area contributed by atoms with Crippen LogP contribution in [0.1, 0.15) is 23.7 Å². The fraction of sp³-hybridized carbons (Fsp3) is 0.211. The summed E-state index contributed by atoms with van der Waals surface area (Å²) in [6, 6.07) is 9.51. The number of anilines is 1. The zero-order valence-electron chi connectivity index (χ0n) is 15.5. The first-order chi connectivity index (χ1) is 13.3. The third-order valence-corrected chi connectivity index (χ3v) is 4.15. The molecule has 0 aliphatic heterocycles. The number of methoxy groups -OCH3 is 2. The highest BCUT2D eigenvalue weighted by Crippen LogP contribution is 2.25. The summed E-state index contributed by atoms with van der Waals surface area (Å²) in [5, 5.41) is 7.42. The third-order valence-electron chi connectivity index (χ3n) is 3.58. The largest absolute Gasteiger partial charge is 0.497 e. The number of nitrogens with one attached hydrogen (secondary N) is 2. The van der Waals surface area contributed by atoms with Crippen molar-refractivity contribution in [2.45, 2.75) is 13.3 Å². The quantitative estimate of drug-likeness (QED) is 0.517. The molecule has 2 aromatic rings. The van der Waals surface area contributed by atoms with Gasteiger partial charge in [0.1, 0.15) is 11.5 Å². The number of carbonyl (C=O) groups is 2. The fourth-order valence-electron chi connectivity index (χ4n) is 2.21. The van der Waals surface area contributed by atoms with Gasteiger partial charge in [0.25, 0.3) is 5.91 Å². The van der Waals surface area contributed by atoms with Crippen LogP contribution in [0, 0.1) is 0 Å². The molecule has 148 valence electrons. The fourth-order valence-corrected chi connectivity index (χ4v) is 2.55.